The maximum Gasteiger partial charge on any atom is 0.302 e. The van der Waals surface area contributed by atoms with Crippen molar-refractivity contribution in [1.29, 1.82) is 0 Å². The number of hydrogen-bond donors (Lipinski definition) is 0. The Morgan fingerprint density at radius 2 is 2.22 bits per heavy atom. The van der Waals surface area contributed by atoms with Crippen LogP contribution in [-0.2, 0) is 16.1 Å². The molecule has 120 valence electrons. The van der Waals surface area contributed by atoms with Crippen LogP contribution >= 0.6 is 27.7 Å². The van der Waals surface area contributed by atoms with Gasteiger partial charge >= 0.3 is 5.97 Å². The maximum atomic E-state index is 10.9. The summed E-state index contributed by atoms with van der Waals surface area (Å²) in [6, 6.07) is 6.07. The average molecular weight is 394 g/mol. The van der Waals surface area contributed by atoms with E-state index < -0.39 is 0 Å². The number of esters is 1. The topological polar surface area (TPSA) is 57.0 Å². The van der Waals surface area contributed by atoms with Crippen LogP contribution in [0.2, 0.25) is 0 Å². The molecule has 0 unspecified atom stereocenters. The summed E-state index contributed by atoms with van der Waals surface area (Å²) in [7, 11) is 0. The zero-order chi connectivity index (χ0) is 16.4. The van der Waals surface area contributed by atoms with E-state index in [4.69, 9.17) is 4.74 Å². The molecule has 3 rings (SSSR count). The number of hydrogen-bond acceptors (Lipinski definition) is 5. The highest BCUT2D eigenvalue weighted by Crippen LogP contribution is 2.29. The Labute approximate surface area is 146 Å². The average Bonchev–Trinajstić information content (AvgIpc) is 2.89. The number of carbonyl (C=O) groups is 1. The van der Waals surface area contributed by atoms with Gasteiger partial charge in [-0.15, -0.1) is 0 Å². The number of fused-ring (bicyclic) bond motifs is 3. The fourth-order valence-corrected chi connectivity index (χ4v) is 3.51. The Morgan fingerprint density at radius 3 is 2.96 bits per heavy atom. The van der Waals surface area contributed by atoms with E-state index in [9.17, 15) is 4.79 Å². The summed E-state index contributed by atoms with van der Waals surface area (Å²) in [5.74, 6) is -0.245. The Bertz CT molecular complexity index is 879. The van der Waals surface area contributed by atoms with Crippen LogP contribution in [0.1, 0.15) is 13.3 Å². The van der Waals surface area contributed by atoms with Crippen LogP contribution < -0.4 is 0 Å². The van der Waals surface area contributed by atoms with E-state index in [1.807, 2.05) is 24.6 Å². The molecular weight excluding hydrogens is 378 g/mol. The van der Waals surface area contributed by atoms with Gasteiger partial charge in [0.05, 0.1) is 23.8 Å². The van der Waals surface area contributed by atoms with Gasteiger partial charge in [-0.25, -0.2) is 4.98 Å². The lowest BCUT2D eigenvalue weighted by molar-refractivity contribution is -0.141. The molecule has 0 aliphatic carbocycles. The summed E-state index contributed by atoms with van der Waals surface area (Å²) in [6.07, 6.45) is 4.57. The van der Waals surface area contributed by atoms with E-state index in [2.05, 4.69) is 36.5 Å². The number of rotatable bonds is 5. The highest BCUT2D eigenvalue weighted by molar-refractivity contribution is 9.10. The van der Waals surface area contributed by atoms with Crippen molar-refractivity contribution in [3.05, 3.63) is 28.9 Å². The van der Waals surface area contributed by atoms with Gasteiger partial charge in [-0.1, -0.05) is 27.7 Å². The number of nitrogens with zero attached hydrogens (tertiary/aromatic N) is 3. The normalized spacial score (nSPS) is 11.3. The van der Waals surface area contributed by atoms with Gasteiger partial charge in [-0.3, -0.25) is 9.78 Å². The molecule has 23 heavy (non-hydrogen) atoms. The van der Waals surface area contributed by atoms with Crippen molar-refractivity contribution in [3.8, 4) is 0 Å². The van der Waals surface area contributed by atoms with Gasteiger partial charge in [0.2, 0.25) is 0 Å². The monoisotopic (exact) mass is 393 g/mol. The first-order valence-electron chi connectivity index (χ1n) is 7.22. The molecule has 0 aliphatic heterocycles. The third kappa shape index (κ3) is 3.35. The van der Waals surface area contributed by atoms with E-state index in [-0.39, 0.29) is 5.97 Å². The third-order valence-corrected chi connectivity index (χ3v) is 4.68. The summed E-state index contributed by atoms with van der Waals surface area (Å²) >= 11 is 5.09. The highest BCUT2D eigenvalue weighted by atomic mass is 79.9. The molecular formula is C16H16BrN3O2S. The second kappa shape index (κ2) is 6.88. The van der Waals surface area contributed by atoms with Crippen LogP contribution in [0, 0.1) is 0 Å². The molecule has 0 amide bonds. The Hall–Kier alpha value is -1.60. The van der Waals surface area contributed by atoms with Gasteiger partial charge < -0.3 is 9.30 Å². The molecule has 0 bridgehead atoms. The molecule has 2 aromatic heterocycles. The Balaban J connectivity index is 2.04. The first kappa shape index (κ1) is 16.3. The number of pyridine rings is 1. The molecule has 5 nitrogen and oxygen atoms in total. The Morgan fingerprint density at radius 1 is 1.39 bits per heavy atom. The zero-order valence-corrected chi connectivity index (χ0v) is 15.3. The molecule has 0 atom stereocenters. The molecule has 0 saturated heterocycles. The standard InChI is InChI=1S/C16H16BrN3O2S/c1-10(21)22-7-3-6-20-15-12-5-4-11(17)8-13(12)18-9-14(15)19-16(20)23-2/h4-5,8-9H,3,6-7H2,1-2H3. The largest absolute Gasteiger partial charge is 0.466 e. The minimum Gasteiger partial charge on any atom is -0.466 e. The number of thioether (sulfide) groups is 1. The summed E-state index contributed by atoms with van der Waals surface area (Å²) in [5, 5.41) is 2.02. The van der Waals surface area contributed by atoms with Gasteiger partial charge in [0.1, 0.15) is 5.52 Å². The molecule has 1 aromatic carbocycles. The van der Waals surface area contributed by atoms with Crippen molar-refractivity contribution in [2.75, 3.05) is 12.9 Å². The number of aryl methyl sites for hydroxylation is 1. The SMILES string of the molecule is CSc1nc2cnc3cc(Br)ccc3c2n1CCCOC(C)=O. The van der Waals surface area contributed by atoms with Crippen LogP contribution in [0.3, 0.4) is 0 Å². The molecule has 0 saturated carbocycles. The van der Waals surface area contributed by atoms with E-state index >= 15 is 0 Å². The minimum absolute atomic E-state index is 0.245. The van der Waals surface area contributed by atoms with E-state index in [1.165, 1.54) is 6.92 Å². The smallest absolute Gasteiger partial charge is 0.302 e. The number of imidazole rings is 1. The van der Waals surface area contributed by atoms with Crippen LogP contribution in [0.25, 0.3) is 21.9 Å². The van der Waals surface area contributed by atoms with Crippen molar-refractivity contribution < 1.29 is 9.53 Å². The maximum absolute atomic E-state index is 10.9. The molecule has 0 aliphatic rings. The molecule has 0 radical (unpaired) electrons. The van der Waals surface area contributed by atoms with Gasteiger partial charge in [-0.2, -0.15) is 0 Å². The predicted molar refractivity (Wildman–Crippen MR) is 95.8 cm³/mol. The van der Waals surface area contributed by atoms with Crippen molar-refractivity contribution in [2.45, 2.75) is 25.0 Å². The summed E-state index contributed by atoms with van der Waals surface area (Å²) in [4.78, 5) is 20.0. The van der Waals surface area contributed by atoms with Gasteiger partial charge in [0.15, 0.2) is 5.16 Å². The fourth-order valence-electron chi connectivity index (χ4n) is 2.57. The highest BCUT2D eigenvalue weighted by Gasteiger charge is 2.14. The first-order valence-corrected chi connectivity index (χ1v) is 9.24. The molecule has 0 spiro atoms. The fraction of sp³-hybridized carbons (Fsp3) is 0.312. The zero-order valence-electron chi connectivity index (χ0n) is 12.9. The van der Waals surface area contributed by atoms with Crippen LogP contribution in [-0.4, -0.2) is 33.4 Å². The number of benzene rings is 1. The number of ether oxygens (including phenoxy) is 1. The molecule has 0 fully saturated rings. The van der Waals surface area contributed by atoms with Crippen LogP contribution in [0.4, 0.5) is 0 Å². The van der Waals surface area contributed by atoms with E-state index in [0.29, 0.717) is 6.61 Å². The minimum atomic E-state index is -0.245. The number of aromatic nitrogens is 3. The van der Waals surface area contributed by atoms with E-state index in [0.717, 1.165) is 44.5 Å². The van der Waals surface area contributed by atoms with Crippen molar-refractivity contribution >= 4 is 55.6 Å². The Kier molecular flexibility index (Phi) is 4.87. The lowest BCUT2D eigenvalue weighted by atomic mass is 10.2. The van der Waals surface area contributed by atoms with Crippen LogP contribution in [0.5, 0.6) is 0 Å². The summed E-state index contributed by atoms with van der Waals surface area (Å²) in [6.45, 7) is 2.59. The van der Waals surface area contributed by atoms with E-state index in [1.54, 1.807) is 11.8 Å². The number of carbonyl (C=O) groups excluding carboxylic acids is 1. The molecule has 3 aromatic rings. The van der Waals surface area contributed by atoms with Crippen molar-refractivity contribution in [2.24, 2.45) is 0 Å². The van der Waals surface area contributed by atoms with Crippen LogP contribution in [0.15, 0.2) is 34.0 Å². The third-order valence-electron chi connectivity index (χ3n) is 3.51. The van der Waals surface area contributed by atoms with Gasteiger partial charge in [-0.05, 0) is 30.9 Å². The van der Waals surface area contributed by atoms with Gasteiger partial charge in [0, 0.05) is 23.3 Å². The second-order valence-electron chi connectivity index (χ2n) is 5.10. The van der Waals surface area contributed by atoms with Crippen molar-refractivity contribution in [1.82, 2.24) is 14.5 Å². The summed E-state index contributed by atoms with van der Waals surface area (Å²) in [5.41, 5.74) is 2.90. The second-order valence-corrected chi connectivity index (χ2v) is 6.79. The summed E-state index contributed by atoms with van der Waals surface area (Å²) < 4.78 is 8.22. The molecule has 7 heteroatoms. The lowest BCUT2D eigenvalue weighted by Crippen LogP contribution is -2.06. The lowest BCUT2D eigenvalue weighted by Gasteiger charge is -2.09. The predicted octanol–water partition coefficient (Wildman–Crippen LogP) is 4.02. The quantitative estimate of drug-likeness (QED) is 0.372. The molecule has 0 N–H and O–H groups in total. The first-order chi connectivity index (χ1) is 11.1. The molecule has 2 heterocycles. The van der Waals surface area contributed by atoms with Gasteiger partial charge in [0.25, 0.3) is 0 Å². The van der Waals surface area contributed by atoms with Crippen molar-refractivity contribution in [3.63, 3.8) is 0 Å². The number of halogens is 1.